The van der Waals surface area contributed by atoms with Crippen LogP contribution in [0.1, 0.15) is 132 Å². The Bertz CT molecular complexity index is 1820. The second kappa shape index (κ2) is 14.0. The summed E-state index contributed by atoms with van der Waals surface area (Å²) in [7, 11) is 1.98. The Kier molecular flexibility index (Phi) is 10.3. The maximum absolute atomic E-state index is 14.4. The number of ether oxygens (including phenoxy) is 1. The second-order valence-electron chi connectivity index (χ2n) is 21.4. The number of carboxylic acids is 1. The van der Waals surface area contributed by atoms with Crippen LogP contribution in [0.4, 0.5) is 0 Å². The van der Waals surface area contributed by atoms with Gasteiger partial charge >= 0.3 is 11.9 Å². The fraction of sp³-hybridized carbons (Fsp3) is 0.745. The maximum atomic E-state index is 14.4. The topological polar surface area (TPSA) is 104 Å². The molecule has 56 heavy (non-hydrogen) atoms. The molecular formula is C47H67ClN2O6. The normalized spacial score (nSPS) is 38.5. The third-order valence-corrected chi connectivity index (χ3v) is 17.7. The van der Waals surface area contributed by atoms with Crippen molar-refractivity contribution >= 4 is 35.2 Å². The Morgan fingerprint density at radius 1 is 0.929 bits per heavy atom. The van der Waals surface area contributed by atoms with Gasteiger partial charge in [-0.05, 0) is 128 Å². The Morgan fingerprint density at radius 2 is 1.61 bits per heavy atom. The van der Waals surface area contributed by atoms with Gasteiger partial charge in [-0.1, -0.05) is 77.8 Å². The molecule has 1 aliphatic heterocycles. The minimum absolute atomic E-state index is 0.0103. The van der Waals surface area contributed by atoms with Crippen LogP contribution in [0.2, 0.25) is 5.02 Å². The average molecular weight is 792 g/mol. The van der Waals surface area contributed by atoms with E-state index in [0.717, 1.165) is 69.0 Å². The van der Waals surface area contributed by atoms with E-state index in [0.29, 0.717) is 42.2 Å². The van der Waals surface area contributed by atoms with E-state index in [-0.39, 0.29) is 63.4 Å². The quantitative estimate of drug-likeness (QED) is 0.262. The van der Waals surface area contributed by atoms with Gasteiger partial charge in [0.15, 0.2) is 5.78 Å². The van der Waals surface area contributed by atoms with E-state index >= 15 is 0 Å². The van der Waals surface area contributed by atoms with Crippen LogP contribution in [0.25, 0.3) is 0 Å². The molecule has 6 aliphatic rings. The number of aliphatic carboxylic acids is 1. The molecule has 5 fully saturated rings. The van der Waals surface area contributed by atoms with E-state index in [4.69, 9.17) is 16.3 Å². The lowest BCUT2D eigenvalue weighted by molar-refractivity contribution is -0.234. The smallest absolute Gasteiger partial charge is 0.309 e. The molecule has 1 saturated heterocycles. The van der Waals surface area contributed by atoms with E-state index in [1.807, 2.05) is 36.2 Å². The summed E-state index contributed by atoms with van der Waals surface area (Å²) in [5, 5.41) is 10.4. The molecule has 0 radical (unpaired) electrons. The number of hydrogen-bond acceptors (Lipinski definition) is 6. The largest absolute Gasteiger partial charge is 0.481 e. The number of nitrogens with zero attached hydrogens (tertiary/aromatic N) is 2. The van der Waals surface area contributed by atoms with Crippen molar-refractivity contribution in [2.45, 2.75) is 145 Å². The number of ketones is 1. The monoisotopic (exact) mass is 790 g/mol. The van der Waals surface area contributed by atoms with Gasteiger partial charge in [0.2, 0.25) is 5.91 Å². The van der Waals surface area contributed by atoms with Crippen LogP contribution in [-0.2, 0) is 30.5 Å². The third kappa shape index (κ3) is 6.23. The number of carbonyl (C=O) groups is 4. The van der Waals surface area contributed by atoms with Crippen LogP contribution in [0.15, 0.2) is 35.4 Å². The summed E-state index contributed by atoms with van der Waals surface area (Å²) in [6, 6.07) is 7.84. The lowest BCUT2D eigenvalue weighted by Crippen LogP contribution is -2.67. The molecule has 0 bridgehead atoms. The highest BCUT2D eigenvalue weighted by atomic mass is 35.5. The van der Waals surface area contributed by atoms with Gasteiger partial charge in [0.1, 0.15) is 6.10 Å². The summed E-state index contributed by atoms with van der Waals surface area (Å²) >= 11 is 6.21. The number of allylic oxidation sites excluding steroid dienone is 1. The predicted molar refractivity (Wildman–Crippen MR) is 219 cm³/mol. The fourth-order valence-corrected chi connectivity index (χ4v) is 14.5. The SMILES string of the molecule is CC(C)C1=C2[C@H]3CC[C@@H]4[C@@]5(C)CCC(OC(=O)CC(C)(C)C(=O)O)C(C)(C)[C@@H]5CC[C@@]4(C)[C@]3(C)CC[C@@]2([C@H]2CN(Cc3ccc(Cl)cc3)CC(=O)N2C)CC1=O. The number of amides is 1. The van der Waals surface area contributed by atoms with Crippen molar-refractivity contribution in [3.63, 3.8) is 0 Å². The van der Waals surface area contributed by atoms with Gasteiger partial charge in [-0.15, -0.1) is 0 Å². The number of piperazine rings is 1. The van der Waals surface area contributed by atoms with Crippen molar-refractivity contribution in [1.29, 1.82) is 0 Å². The lowest BCUT2D eigenvalue weighted by Gasteiger charge is -2.72. The van der Waals surface area contributed by atoms with Crippen LogP contribution in [0, 0.1) is 56.2 Å². The van der Waals surface area contributed by atoms with Crippen LogP contribution in [0.3, 0.4) is 0 Å². The minimum atomic E-state index is -1.17. The van der Waals surface area contributed by atoms with Crippen LogP contribution in [0.5, 0.6) is 0 Å². The number of rotatable bonds is 8. The van der Waals surface area contributed by atoms with Crippen molar-refractivity contribution < 1.29 is 29.0 Å². The van der Waals surface area contributed by atoms with Crippen LogP contribution in [-0.4, -0.2) is 70.8 Å². The summed E-state index contributed by atoms with van der Waals surface area (Å²) in [5.41, 5.74) is 1.89. The van der Waals surface area contributed by atoms with Gasteiger partial charge in [-0.2, -0.15) is 0 Å². The highest BCUT2D eigenvalue weighted by molar-refractivity contribution is 6.30. The molecule has 1 unspecified atom stereocenters. The number of carboxylic acid groups (broad SMARTS) is 1. The molecule has 1 N–H and O–H groups in total. The third-order valence-electron chi connectivity index (χ3n) is 17.5. The molecule has 1 amide bonds. The van der Waals surface area contributed by atoms with Crippen LogP contribution >= 0.6 is 11.6 Å². The van der Waals surface area contributed by atoms with Crippen LogP contribution < -0.4 is 0 Å². The summed E-state index contributed by atoms with van der Waals surface area (Å²) in [6.45, 7) is 21.6. The summed E-state index contributed by atoms with van der Waals surface area (Å²) < 4.78 is 6.20. The Hall–Kier alpha value is -2.71. The fourth-order valence-electron chi connectivity index (χ4n) is 14.3. The zero-order valence-electron chi connectivity index (χ0n) is 35.7. The number of carbonyl (C=O) groups excluding carboxylic acids is 3. The first-order valence-electron chi connectivity index (χ1n) is 21.4. The van der Waals surface area contributed by atoms with E-state index in [1.165, 1.54) is 5.57 Å². The minimum Gasteiger partial charge on any atom is -0.481 e. The first-order valence-corrected chi connectivity index (χ1v) is 21.8. The number of benzene rings is 1. The van der Waals surface area contributed by atoms with Crippen molar-refractivity contribution in [3.8, 4) is 0 Å². The molecule has 7 rings (SSSR count). The number of Topliss-reactive ketones (excluding diaryl/α,β-unsaturated/α-hetero) is 1. The number of halogens is 1. The van der Waals surface area contributed by atoms with Gasteiger partial charge in [0.05, 0.1) is 24.4 Å². The van der Waals surface area contributed by atoms with Gasteiger partial charge in [-0.25, -0.2) is 0 Å². The number of hydrogen-bond donors (Lipinski definition) is 1. The molecule has 8 nitrogen and oxygen atoms in total. The van der Waals surface area contributed by atoms with Crippen molar-refractivity contribution in [2.24, 2.45) is 56.2 Å². The Labute approximate surface area is 340 Å². The van der Waals surface area contributed by atoms with Gasteiger partial charge in [0.25, 0.3) is 0 Å². The standard InChI is InChI=1S/C47H67ClN2O6/c1-28(2)39-32(51)23-47(35-26-50(27-37(52)49(35)10)25-29-11-13-30(48)14-12-29)22-21-45(8)31(40(39)47)15-16-34-44(7)19-18-36(56-38(53)24-42(3,4)41(54)55)43(5,6)33(44)17-20-46(34,45)9/h11-14,28,31,33-36H,15-27H2,1-10H3,(H,54,55)/t31-,33+,34-,35-,36?,44+,45-,46-,47+/m1/s1. The highest BCUT2D eigenvalue weighted by Crippen LogP contribution is 2.77. The Balaban J connectivity index is 1.19. The molecule has 4 saturated carbocycles. The molecule has 9 atom stereocenters. The van der Waals surface area contributed by atoms with Crippen molar-refractivity contribution in [2.75, 3.05) is 20.1 Å². The van der Waals surface area contributed by atoms with E-state index in [9.17, 15) is 24.3 Å². The molecule has 0 spiro atoms. The summed E-state index contributed by atoms with van der Waals surface area (Å²) in [6.07, 6.45) is 8.08. The average Bonchev–Trinajstić information content (AvgIpc) is 3.41. The van der Waals surface area contributed by atoms with Gasteiger partial charge < -0.3 is 14.7 Å². The van der Waals surface area contributed by atoms with E-state index in [1.54, 1.807) is 13.8 Å². The first kappa shape index (κ1) is 41.4. The second-order valence-corrected chi connectivity index (χ2v) is 21.8. The first-order chi connectivity index (χ1) is 26.0. The van der Waals surface area contributed by atoms with Crippen molar-refractivity contribution in [3.05, 3.63) is 46.0 Å². The van der Waals surface area contributed by atoms with E-state index < -0.39 is 17.4 Å². The van der Waals surface area contributed by atoms with Gasteiger partial charge in [-0.3, -0.25) is 24.1 Å². The number of esters is 1. The summed E-state index contributed by atoms with van der Waals surface area (Å²) in [5.74, 6) is 0.250. The molecule has 1 heterocycles. The Morgan fingerprint density at radius 3 is 2.25 bits per heavy atom. The maximum Gasteiger partial charge on any atom is 0.309 e. The molecule has 5 aliphatic carbocycles. The molecule has 1 aromatic carbocycles. The highest BCUT2D eigenvalue weighted by Gasteiger charge is 2.71. The van der Waals surface area contributed by atoms with Crippen molar-refractivity contribution in [1.82, 2.24) is 9.80 Å². The summed E-state index contributed by atoms with van der Waals surface area (Å²) in [4.78, 5) is 57.6. The van der Waals surface area contributed by atoms with Gasteiger partial charge in [0, 0.05) is 42.4 Å². The predicted octanol–water partition coefficient (Wildman–Crippen LogP) is 9.38. The molecule has 308 valence electrons. The zero-order chi connectivity index (χ0) is 41.0. The number of likely N-dealkylation sites (N-methyl/N-ethyl adjacent to an activating group) is 1. The molecular weight excluding hydrogens is 724 g/mol. The number of fused-ring (bicyclic) bond motifs is 7. The molecule has 0 aromatic heterocycles. The molecule has 9 heteroatoms. The lowest BCUT2D eigenvalue weighted by atomic mass is 9.32. The zero-order valence-corrected chi connectivity index (χ0v) is 36.5. The van der Waals surface area contributed by atoms with E-state index in [2.05, 4.69) is 53.4 Å². The molecule has 1 aromatic rings.